The molecule has 0 atom stereocenters. The van der Waals surface area contributed by atoms with Crippen molar-refractivity contribution in [1.29, 1.82) is 0 Å². The Bertz CT molecular complexity index is 940. The van der Waals surface area contributed by atoms with E-state index in [1.54, 1.807) is 5.57 Å². The number of thiophene rings is 1. The maximum absolute atomic E-state index is 4.63. The van der Waals surface area contributed by atoms with E-state index in [4.69, 9.17) is 0 Å². The van der Waals surface area contributed by atoms with Crippen LogP contribution in [0, 0.1) is 20.8 Å². The predicted octanol–water partition coefficient (Wildman–Crippen LogP) is 5.65. The maximum atomic E-state index is 4.63. The SMILES string of the molecule is Cc1nn(C)c(C)c1C1=C(c2sc3ccccc3c2C)CCC1. The minimum absolute atomic E-state index is 1.16. The topological polar surface area (TPSA) is 17.8 Å². The lowest BCUT2D eigenvalue weighted by Crippen LogP contribution is -1.94. The van der Waals surface area contributed by atoms with E-state index < -0.39 is 0 Å². The molecule has 2 aromatic heterocycles. The summed E-state index contributed by atoms with van der Waals surface area (Å²) >= 11 is 1.95. The van der Waals surface area contributed by atoms with Crippen LogP contribution < -0.4 is 0 Å². The third kappa shape index (κ3) is 2.18. The van der Waals surface area contributed by atoms with Gasteiger partial charge in [0.25, 0.3) is 0 Å². The van der Waals surface area contributed by atoms with Crippen molar-refractivity contribution in [2.45, 2.75) is 40.0 Å². The molecule has 3 aromatic rings. The Labute approximate surface area is 141 Å². The molecule has 0 aliphatic heterocycles. The summed E-state index contributed by atoms with van der Waals surface area (Å²) < 4.78 is 3.42. The Hall–Kier alpha value is -1.87. The van der Waals surface area contributed by atoms with E-state index in [1.165, 1.54) is 56.6 Å². The smallest absolute Gasteiger partial charge is 0.0671 e. The second-order valence-electron chi connectivity index (χ2n) is 6.53. The van der Waals surface area contributed by atoms with Gasteiger partial charge in [0.1, 0.15) is 0 Å². The minimum atomic E-state index is 1.16. The van der Waals surface area contributed by atoms with Crippen LogP contribution in [-0.2, 0) is 7.05 Å². The monoisotopic (exact) mass is 322 g/mol. The van der Waals surface area contributed by atoms with Crippen molar-refractivity contribution >= 4 is 32.6 Å². The van der Waals surface area contributed by atoms with Crippen molar-refractivity contribution in [2.75, 3.05) is 0 Å². The summed E-state index contributed by atoms with van der Waals surface area (Å²) in [6.07, 6.45) is 3.62. The van der Waals surface area contributed by atoms with Gasteiger partial charge in [-0.1, -0.05) is 18.2 Å². The van der Waals surface area contributed by atoms with Crippen molar-refractivity contribution in [3.8, 4) is 0 Å². The standard InChI is InChI=1S/C20H22N2S/c1-12-15-8-5-6-11-18(15)23-20(12)17-10-7-9-16(17)19-13(2)21-22(4)14(19)3/h5-6,8,11H,7,9-10H2,1-4H3. The molecule has 2 heterocycles. The summed E-state index contributed by atoms with van der Waals surface area (Å²) in [4.78, 5) is 1.49. The molecule has 118 valence electrons. The van der Waals surface area contributed by atoms with Crippen LogP contribution in [0.15, 0.2) is 24.3 Å². The molecule has 0 spiro atoms. The van der Waals surface area contributed by atoms with Crippen LogP contribution in [0.25, 0.3) is 21.2 Å². The first-order chi connectivity index (χ1) is 11.1. The average molecular weight is 322 g/mol. The summed E-state index contributed by atoms with van der Waals surface area (Å²) in [6, 6.07) is 8.78. The van der Waals surface area contributed by atoms with E-state index in [1.807, 2.05) is 23.1 Å². The molecule has 1 aliphatic rings. The fourth-order valence-electron chi connectivity index (χ4n) is 3.94. The maximum Gasteiger partial charge on any atom is 0.0671 e. The average Bonchev–Trinajstić information content (AvgIpc) is 3.18. The molecule has 0 radical (unpaired) electrons. The summed E-state index contributed by atoms with van der Waals surface area (Å²) in [6.45, 7) is 6.61. The molecule has 0 amide bonds. The summed E-state index contributed by atoms with van der Waals surface area (Å²) in [7, 11) is 2.05. The number of aromatic nitrogens is 2. The zero-order valence-electron chi connectivity index (χ0n) is 14.2. The third-order valence-corrected chi connectivity index (χ3v) is 6.48. The molecule has 0 fully saturated rings. The van der Waals surface area contributed by atoms with Crippen LogP contribution in [0.4, 0.5) is 0 Å². The van der Waals surface area contributed by atoms with E-state index in [0.717, 1.165) is 5.69 Å². The quantitative estimate of drug-likeness (QED) is 0.595. The van der Waals surface area contributed by atoms with Gasteiger partial charge >= 0.3 is 0 Å². The zero-order valence-corrected chi connectivity index (χ0v) is 15.0. The van der Waals surface area contributed by atoms with E-state index in [2.05, 4.69) is 50.1 Å². The van der Waals surface area contributed by atoms with Crippen molar-refractivity contribution in [3.05, 3.63) is 51.7 Å². The first-order valence-electron chi connectivity index (χ1n) is 8.29. The van der Waals surface area contributed by atoms with E-state index in [-0.39, 0.29) is 0 Å². The summed E-state index contributed by atoms with van der Waals surface area (Å²) in [5.74, 6) is 0. The van der Waals surface area contributed by atoms with E-state index in [9.17, 15) is 0 Å². The van der Waals surface area contributed by atoms with E-state index >= 15 is 0 Å². The molecular weight excluding hydrogens is 300 g/mol. The van der Waals surface area contributed by atoms with E-state index in [0.29, 0.717) is 0 Å². The second kappa shape index (κ2) is 5.34. The summed E-state index contributed by atoms with van der Waals surface area (Å²) in [5, 5.41) is 6.04. The highest BCUT2D eigenvalue weighted by atomic mass is 32.1. The lowest BCUT2D eigenvalue weighted by Gasteiger charge is -2.08. The fourth-order valence-corrected chi connectivity index (χ4v) is 5.25. The molecule has 4 rings (SSSR count). The molecule has 2 nitrogen and oxygen atoms in total. The number of rotatable bonds is 2. The van der Waals surface area contributed by atoms with Crippen LogP contribution in [0.1, 0.15) is 46.7 Å². The molecule has 0 saturated carbocycles. The highest BCUT2D eigenvalue weighted by Gasteiger charge is 2.25. The number of allylic oxidation sites excluding steroid dienone is 2. The Kier molecular flexibility index (Phi) is 3.42. The second-order valence-corrected chi connectivity index (χ2v) is 7.58. The van der Waals surface area contributed by atoms with Crippen molar-refractivity contribution in [3.63, 3.8) is 0 Å². The van der Waals surface area contributed by atoms with Gasteiger partial charge in [0.2, 0.25) is 0 Å². The molecule has 0 saturated heterocycles. The van der Waals surface area contributed by atoms with Crippen LogP contribution in [0.3, 0.4) is 0 Å². The first-order valence-corrected chi connectivity index (χ1v) is 9.10. The van der Waals surface area contributed by atoms with Crippen molar-refractivity contribution in [1.82, 2.24) is 9.78 Å². The Morgan fingerprint density at radius 3 is 2.48 bits per heavy atom. The van der Waals surface area contributed by atoms with Crippen LogP contribution >= 0.6 is 11.3 Å². The largest absolute Gasteiger partial charge is 0.272 e. The number of benzene rings is 1. The number of hydrogen-bond donors (Lipinski definition) is 0. The highest BCUT2D eigenvalue weighted by molar-refractivity contribution is 7.20. The van der Waals surface area contributed by atoms with Crippen molar-refractivity contribution < 1.29 is 0 Å². The number of aryl methyl sites for hydroxylation is 3. The van der Waals surface area contributed by atoms with Gasteiger partial charge in [0.05, 0.1) is 5.69 Å². The van der Waals surface area contributed by atoms with Crippen LogP contribution in [0.2, 0.25) is 0 Å². The molecule has 1 aromatic carbocycles. The van der Waals surface area contributed by atoms with Crippen LogP contribution in [-0.4, -0.2) is 9.78 Å². The number of nitrogens with zero attached hydrogens (tertiary/aromatic N) is 2. The lowest BCUT2D eigenvalue weighted by molar-refractivity contribution is 0.731. The molecule has 3 heteroatoms. The fraction of sp³-hybridized carbons (Fsp3) is 0.350. The molecule has 0 unspecified atom stereocenters. The summed E-state index contributed by atoms with van der Waals surface area (Å²) in [5.41, 5.74) is 8.37. The van der Waals surface area contributed by atoms with Gasteiger partial charge < -0.3 is 0 Å². The molecule has 23 heavy (non-hydrogen) atoms. The van der Waals surface area contributed by atoms with Gasteiger partial charge in [-0.15, -0.1) is 11.3 Å². The van der Waals surface area contributed by atoms with Gasteiger partial charge in [0.15, 0.2) is 0 Å². The van der Waals surface area contributed by atoms with Crippen LogP contribution in [0.5, 0.6) is 0 Å². The van der Waals surface area contributed by atoms with Crippen molar-refractivity contribution in [2.24, 2.45) is 7.05 Å². The first kappa shape index (κ1) is 14.7. The molecule has 0 N–H and O–H groups in total. The zero-order chi connectivity index (χ0) is 16.1. The van der Waals surface area contributed by atoms with Gasteiger partial charge in [-0.2, -0.15) is 5.10 Å². The number of hydrogen-bond acceptors (Lipinski definition) is 2. The van der Waals surface area contributed by atoms with Gasteiger partial charge in [-0.3, -0.25) is 4.68 Å². The van der Waals surface area contributed by atoms with Gasteiger partial charge in [0, 0.05) is 27.9 Å². The lowest BCUT2D eigenvalue weighted by atomic mass is 9.97. The molecule has 0 bridgehead atoms. The highest BCUT2D eigenvalue weighted by Crippen LogP contribution is 2.46. The third-order valence-electron chi connectivity index (χ3n) is 5.15. The molecular formula is C20H22N2S. The molecule has 1 aliphatic carbocycles. The minimum Gasteiger partial charge on any atom is -0.272 e. The normalized spacial score (nSPS) is 15.1. The predicted molar refractivity (Wildman–Crippen MR) is 99.9 cm³/mol. The Balaban J connectivity index is 1.96. The van der Waals surface area contributed by atoms with Gasteiger partial charge in [-0.05, 0) is 68.2 Å². The Morgan fingerprint density at radius 2 is 1.78 bits per heavy atom. The Morgan fingerprint density at radius 1 is 1.04 bits per heavy atom. The number of fused-ring (bicyclic) bond motifs is 1. The van der Waals surface area contributed by atoms with Gasteiger partial charge in [-0.25, -0.2) is 0 Å².